The molecule has 154 valence electrons. The summed E-state index contributed by atoms with van der Waals surface area (Å²) in [5.41, 5.74) is 5.31. The predicted octanol–water partition coefficient (Wildman–Crippen LogP) is 5.62. The van der Waals surface area contributed by atoms with Crippen LogP contribution in [0.2, 0.25) is 0 Å². The van der Waals surface area contributed by atoms with E-state index >= 15 is 0 Å². The minimum atomic E-state index is -0.173. The molecule has 2 aromatic rings. The van der Waals surface area contributed by atoms with Gasteiger partial charge in [-0.1, -0.05) is 48.6 Å². The van der Waals surface area contributed by atoms with Gasteiger partial charge in [-0.2, -0.15) is 0 Å². The summed E-state index contributed by atoms with van der Waals surface area (Å²) in [4.78, 5) is 0. The normalized spacial score (nSPS) is 21.6. The van der Waals surface area contributed by atoms with Gasteiger partial charge in [0.05, 0.1) is 19.9 Å². The molecule has 0 amide bonds. The Labute approximate surface area is 177 Å². The molecule has 1 atom stereocenters. The van der Waals surface area contributed by atoms with Crippen LogP contribution in [0.1, 0.15) is 41.0 Å². The number of fused-ring (bicyclic) bond motifs is 2. The van der Waals surface area contributed by atoms with Gasteiger partial charge in [-0.3, -0.25) is 0 Å². The third-order valence-electron chi connectivity index (χ3n) is 6.60. The monoisotopic (exact) mass is 402 g/mol. The van der Waals surface area contributed by atoms with Crippen molar-refractivity contribution < 1.29 is 9.13 Å². The standard InChI is InChI=1S/C26H27FN2O/c1-30-23-11-10-20-9-8-19-5-2-3-7-24(19)26(25(20)17-23)21-12-15-28(16-13-21)29-14-4-6-22(27)18-29/h2-11,17-18,21,26H,12-16H2,1H3. The van der Waals surface area contributed by atoms with E-state index in [0.717, 1.165) is 38.2 Å². The Kier molecular flexibility index (Phi) is 5.17. The molecule has 30 heavy (non-hydrogen) atoms. The molecule has 0 aromatic heterocycles. The Balaban J connectivity index is 1.45. The van der Waals surface area contributed by atoms with Gasteiger partial charge in [0.25, 0.3) is 0 Å². The number of halogens is 1. The first-order chi connectivity index (χ1) is 14.7. The molecule has 1 saturated heterocycles. The quantitative estimate of drug-likeness (QED) is 0.663. The van der Waals surface area contributed by atoms with E-state index in [1.54, 1.807) is 19.4 Å². The van der Waals surface area contributed by atoms with Crippen molar-refractivity contribution in [3.05, 3.63) is 88.9 Å². The Morgan fingerprint density at radius 2 is 1.70 bits per heavy atom. The number of hydrogen-bond acceptors (Lipinski definition) is 3. The Morgan fingerprint density at radius 1 is 0.933 bits per heavy atom. The number of ether oxygens (including phenoxy) is 1. The van der Waals surface area contributed by atoms with Gasteiger partial charge in [0, 0.05) is 19.0 Å². The smallest absolute Gasteiger partial charge is 0.140 e. The maximum Gasteiger partial charge on any atom is 0.140 e. The molecule has 4 heteroatoms. The molecule has 0 saturated carbocycles. The zero-order valence-electron chi connectivity index (χ0n) is 17.3. The second-order valence-corrected chi connectivity index (χ2v) is 8.26. The van der Waals surface area contributed by atoms with Crippen LogP contribution >= 0.6 is 0 Å². The van der Waals surface area contributed by atoms with E-state index in [1.807, 2.05) is 17.2 Å². The van der Waals surface area contributed by atoms with Crippen LogP contribution in [0.3, 0.4) is 0 Å². The third-order valence-corrected chi connectivity index (χ3v) is 6.60. The average molecular weight is 403 g/mol. The second-order valence-electron chi connectivity index (χ2n) is 8.26. The van der Waals surface area contributed by atoms with Crippen LogP contribution in [-0.4, -0.2) is 36.8 Å². The van der Waals surface area contributed by atoms with E-state index in [1.165, 1.54) is 22.3 Å². The van der Waals surface area contributed by atoms with Gasteiger partial charge in [0.15, 0.2) is 0 Å². The number of piperidine rings is 1. The van der Waals surface area contributed by atoms with Gasteiger partial charge in [0.1, 0.15) is 11.6 Å². The molecule has 3 aliphatic rings. The zero-order chi connectivity index (χ0) is 20.5. The van der Waals surface area contributed by atoms with Crippen molar-refractivity contribution in [3.63, 3.8) is 0 Å². The van der Waals surface area contributed by atoms with E-state index < -0.39 is 0 Å². The summed E-state index contributed by atoms with van der Waals surface area (Å²) in [6.07, 6.45) is 11.7. The lowest BCUT2D eigenvalue weighted by Gasteiger charge is -2.42. The maximum atomic E-state index is 13.7. The van der Waals surface area contributed by atoms with Crippen molar-refractivity contribution in [3.8, 4) is 5.75 Å². The highest BCUT2D eigenvalue weighted by molar-refractivity contribution is 5.77. The molecule has 1 aliphatic carbocycles. The van der Waals surface area contributed by atoms with Crippen molar-refractivity contribution >= 4 is 12.2 Å². The maximum absolute atomic E-state index is 13.7. The first-order valence-electron chi connectivity index (χ1n) is 10.7. The van der Waals surface area contributed by atoms with Crippen LogP contribution in [0.4, 0.5) is 4.39 Å². The molecular formula is C26H27FN2O. The van der Waals surface area contributed by atoms with Gasteiger partial charge in [0.2, 0.25) is 0 Å². The minimum absolute atomic E-state index is 0.173. The Morgan fingerprint density at radius 3 is 2.47 bits per heavy atom. The second kappa shape index (κ2) is 8.11. The number of nitrogens with zero attached hydrogens (tertiary/aromatic N) is 2. The fraction of sp³-hybridized carbons (Fsp3) is 0.308. The summed E-state index contributed by atoms with van der Waals surface area (Å²) >= 11 is 0. The summed E-state index contributed by atoms with van der Waals surface area (Å²) in [6, 6.07) is 15.2. The summed E-state index contributed by atoms with van der Waals surface area (Å²) in [7, 11) is 1.73. The molecule has 1 unspecified atom stereocenters. The van der Waals surface area contributed by atoms with Crippen LogP contribution in [-0.2, 0) is 0 Å². The SMILES string of the molecule is COc1ccc2c(c1)C(C1CCN(N3C=C(F)C=CC3)CC1)c1ccccc1C=C2. The van der Waals surface area contributed by atoms with Gasteiger partial charge in [-0.05, 0) is 59.2 Å². The van der Waals surface area contributed by atoms with Crippen LogP contribution in [0, 0.1) is 5.92 Å². The van der Waals surface area contributed by atoms with Gasteiger partial charge in [-0.25, -0.2) is 9.40 Å². The molecule has 2 aromatic carbocycles. The lowest BCUT2D eigenvalue weighted by molar-refractivity contribution is -0.00517. The van der Waals surface area contributed by atoms with Crippen molar-refractivity contribution in [2.75, 3.05) is 26.7 Å². The zero-order valence-corrected chi connectivity index (χ0v) is 17.3. The van der Waals surface area contributed by atoms with E-state index in [4.69, 9.17) is 4.74 Å². The topological polar surface area (TPSA) is 15.7 Å². The first kappa shape index (κ1) is 19.1. The molecule has 0 N–H and O–H groups in total. The summed E-state index contributed by atoms with van der Waals surface area (Å²) < 4.78 is 19.3. The molecule has 2 aliphatic heterocycles. The highest BCUT2D eigenvalue weighted by atomic mass is 19.1. The number of hydrazine groups is 1. The summed E-state index contributed by atoms with van der Waals surface area (Å²) in [5.74, 6) is 1.59. The molecular weight excluding hydrogens is 375 g/mol. The highest BCUT2D eigenvalue weighted by Gasteiger charge is 2.33. The van der Waals surface area contributed by atoms with Crippen LogP contribution < -0.4 is 4.74 Å². The van der Waals surface area contributed by atoms with E-state index in [0.29, 0.717) is 11.8 Å². The third kappa shape index (κ3) is 3.56. The summed E-state index contributed by atoms with van der Waals surface area (Å²) in [5, 5.41) is 4.30. The Bertz CT molecular complexity index is 1020. The summed E-state index contributed by atoms with van der Waals surface area (Å²) in [6.45, 7) is 2.62. The fourth-order valence-corrected chi connectivity index (χ4v) is 5.09. The van der Waals surface area contributed by atoms with E-state index in [-0.39, 0.29) is 5.83 Å². The molecule has 0 bridgehead atoms. The van der Waals surface area contributed by atoms with Crippen LogP contribution in [0.5, 0.6) is 5.75 Å². The number of allylic oxidation sites excluding steroid dienone is 2. The van der Waals surface area contributed by atoms with Crippen molar-refractivity contribution in [2.24, 2.45) is 5.92 Å². The molecule has 5 rings (SSSR count). The lowest BCUT2D eigenvalue weighted by atomic mass is 9.74. The molecule has 3 nitrogen and oxygen atoms in total. The van der Waals surface area contributed by atoms with Crippen molar-refractivity contribution in [1.29, 1.82) is 0 Å². The molecule has 2 heterocycles. The molecule has 1 fully saturated rings. The molecule has 0 radical (unpaired) electrons. The van der Waals surface area contributed by atoms with Crippen molar-refractivity contribution in [2.45, 2.75) is 18.8 Å². The largest absolute Gasteiger partial charge is 0.497 e. The molecule has 0 spiro atoms. The van der Waals surface area contributed by atoms with Crippen LogP contribution in [0.25, 0.3) is 12.2 Å². The fourth-order valence-electron chi connectivity index (χ4n) is 5.09. The first-order valence-corrected chi connectivity index (χ1v) is 10.7. The van der Waals surface area contributed by atoms with Gasteiger partial charge in [-0.15, -0.1) is 0 Å². The predicted molar refractivity (Wildman–Crippen MR) is 120 cm³/mol. The Hall–Kier alpha value is -2.85. The number of rotatable bonds is 3. The van der Waals surface area contributed by atoms with E-state index in [2.05, 4.69) is 53.6 Å². The van der Waals surface area contributed by atoms with Gasteiger partial charge < -0.3 is 9.75 Å². The highest BCUT2D eigenvalue weighted by Crippen LogP contribution is 2.44. The number of methoxy groups -OCH3 is 1. The van der Waals surface area contributed by atoms with Gasteiger partial charge >= 0.3 is 0 Å². The average Bonchev–Trinajstić information content (AvgIpc) is 2.95. The van der Waals surface area contributed by atoms with E-state index in [9.17, 15) is 4.39 Å². The lowest BCUT2D eigenvalue weighted by Crippen LogP contribution is -2.45. The van der Waals surface area contributed by atoms with Crippen molar-refractivity contribution in [1.82, 2.24) is 10.0 Å². The number of hydrogen-bond donors (Lipinski definition) is 0. The number of benzene rings is 2. The minimum Gasteiger partial charge on any atom is -0.497 e. The van der Waals surface area contributed by atoms with Crippen LogP contribution in [0.15, 0.2) is 66.6 Å².